The summed E-state index contributed by atoms with van der Waals surface area (Å²) in [6.07, 6.45) is 0.921. The van der Waals surface area contributed by atoms with Crippen LogP contribution in [-0.2, 0) is 14.8 Å². The molecule has 88 valence electrons. The zero-order chi connectivity index (χ0) is 12.2. The van der Waals surface area contributed by atoms with E-state index in [1.165, 1.54) is 0 Å². The van der Waals surface area contributed by atoms with Crippen molar-refractivity contribution in [1.29, 1.82) is 0 Å². The molecule has 1 aromatic carbocycles. The quantitative estimate of drug-likeness (QED) is 0.843. The Kier molecular flexibility index (Phi) is 4.14. The maximum absolute atomic E-state index is 11.1. The SMILES string of the molecule is CS(=O)(=O)NC(=O)CNc1cccc(Cl)c1. The van der Waals surface area contributed by atoms with E-state index in [4.69, 9.17) is 11.6 Å². The summed E-state index contributed by atoms with van der Waals surface area (Å²) in [5.74, 6) is -0.623. The van der Waals surface area contributed by atoms with Crippen molar-refractivity contribution in [3.05, 3.63) is 29.3 Å². The first-order valence-electron chi connectivity index (χ1n) is 4.37. The van der Waals surface area contributed by atoms with Crippen LogP contribution in [0.25, 0.3) is 0 Å². The number of hydrogen-bond acceptors (Lipinski definition) is 4. The molecule has 0 aliphatic carbocycles. The molecule has 2 N–H and O–H groups in total. The molecular formula is C9H11ClN2O3S. The van der Waals surface area contributed by atoms with Crippen LogP contribution in [0.5, 0.6) is 0 Å². The molecule has 0 spiro atoms. The molecule has 0 aliphatic heterocycles. The Balaban J connectivity index is 2.49. The van der Waals surface area contributed by atoms with Gasteiger partial charge in [-0.15, -0.1) is 0 Å². The van der Waals surface area contributed by atoms with Crippen molar-refractivity contribution in [2.75, 3.05) is 18.1 Å². The summed E-state index contributed by atoms with van der Waals surface area (Å²) in [6, 6.07) is 6.78. The Bertz CT molecular complexity index is 487. The van der Waals surface area contributed by atoms with E-state index in [9.17, 15) is 13.2 Å². The summed E-state index contributed by atoms with van der Waals surface area (Å²) in [5, 5.41) is 3.28. The lowest BCUT2D eigenvalue weighted by Crippen LogP contribution is -2.34. The molecule has 0 unspecified atom stereocenters. The van der Waals surface area contributed by atoms with Gasteiger partial charge in [0.1, 0.15) is 0 Å². The highest BCUT2D eigenvalue weighted by molar-refractivity contribution is 7.89. The molecule has 0 bridgehead atoms. The summed E-state index contributed by atoms with van der Waals surface area (Å²) in [7, 11) is -3.50. The van der Waals surface area contributed by atoms with E-state index in [0.717, 1.165) is 6.26 Å². The first-order valence-corrected chi connectivity index (χ1v) is 6.64. The second-order valence-corrected chi connectivity index (χ2v) is 5.35. The summed E-state index contributed by atoms with van der Waals surface area (Å²) in [6.45, 7) is -0.132. The van der Waals surface area contributed by atoms with Gasteiger partial charge in [-0.1, -0.05) is 17.7 Å². The molecule has 0 fully saturated rings. The normalized spacial score (nSPS) is 10.9. The summed E-state index contributed by atoms with van der Waals surface area (Å²) in [4.78, 5) is 11.1. The Labute approximate surface area is 98.9 Å². The van der Waals surface area contributed by atoms with Crippen molar-refractivity contribution in [1.82, 2.24) is 4.72 Å². The van der Waals surface area contributed by atoms with E-state index in [2.05, 4.69) is 5.32 Å². The number of carbonyl (C=O) groups is 1. The van der Waals surface area contributed by atoms with Crippen molar-refractivity contribution in [3.8, 4) is 0 Å². The molecule has 0 saturated carbocycles. The van der Waals surface area contributed by atoms with E-state index in [1.54, 1.807) is 24.3 Å². The van der Waals surface area contributed by atoms with Gasteiger partial charge in [0.05, 0.1) is 12.8 Å². The Morgan fingerprint density at radius 2 is 2.12 bits per heavy atom. The van der Waals surface area contributed by atoms with Gasteiger partial charge in [0, 0.05) is 10.7 Å². The van der Waals surface area contributed by atoms with Crippen LogP contribution in [-0.4, -0.2) is 27.1 Å². The molecule has 7 heteroatoms. The van der Waals surface area contributed by atoms with Crippen LogP contribution in [0.4, 0.5) is 5.69 Å². The molecule has 16 heavy (non-hydrogen) atoms. The molecule has 0 aliphatic rings. The molecule has 0 atom stereocenters. The van der Waals surface area contributed by atoms with Gasteiger partial charge in [0.15, 0.2) is 0 Å². The summed E-state index contributed by atoms with van der Waals surface area (Å²) in [5.41, 5.74) is 0.649. The van der Waals surface area contributed by atoms with Crippen molar-refractivity contribution in [3.63, 3.8) is 0 Å². The van der Waals surface area contributed by atoms with E-state index < -0.39 is 15.9 Å². The van der Waals surface area contributed by atoms with Gasteiger partial charge >= 0.3 is 0 Å². The monoisotopic (exact) mass is 262 g/mol. The third kappa shape index (κ3) is 4.99. The smallest absolute Gasteiger partial charge is 0.252 e. The average molecular weight is 263 g/mol. The zero-order valence-electron chi connectivity index (χ0n) is 8.53. The number of anilines is 1. The van der Waals surface area contributed by atoms with Gasteiger partial charge in [0.25, 0.3) is 5.91 Å². The average Bonchev–Trinajstić information content (AvgIpc) is 2.12. The van der Waals surface area contributed by atoms with E-state index in [0.29, 0.717) is 10.7 Å². The van der Waals surface area contributed by atoms with Crippen LogP contribution < -0.4 is 10.0 Å². The maximum Gasteiger partial charge on any atom is 0.252 e. The number of carbonyl (C=O) groups excluding carboxylic acids is 1. The second kappa shape index (κ2) is 5.18. The van der Waals surface area contributed by atoms with Crippen LogP contribution in [0.3, 0.4) is 0 Å². The van der Waals surface area contributed by atoms with Gasteiger partial charge in [-0.25, -0.2) is 8.42 Å². The molecule has 0 heterocycles. The van der Waals surface area contributed by atoms with E-state index in [-0.39, 0.29) is 6.54 Å². The van der Waals surface area contributed by atoms with Gasteiger partial charge in [-0.3, -0.25) is 9.52 Å². The molecule has 0 saturated heterocycles. The zero-order valence-corrected chi connectivity index (χ0v) is 10.1. The number of benzene rings is 1. The van der Waals surface area contributed by atoms with Crippen LogP contribution >= 0.6 is 11.6 Å². The molecule has 0 aromatic heterocycles. The molecule has 1 rings (SSSR count). The van der Waals surface area contributed by atoms with Crippen molar-refractivity contribution >= 4 is 33.2 Å². The fraction of sp³-hybridized carbons (Fsp3) is 0.222. The lowest BCUT2D eigenvalue weighted by Gasteiger charge is -2.06. The molecule has 1 aromatic rings. The predicted molar refractivity (Wildman–Crippen MR) is 62.9 cm³/mol. The standard InChI is InChI=1S/C9H11ClN2O3S/c1-16(14,15)12-9(13)6-11-8-4-2-3-7(10)5-8/h2-5,11H,6H2,1H3,(H,12,13). The van der Waals surface area contributed by atoms with Crippen molar-refractivity contribution in [2.45, 2.75) is 0 Å². The highest BCUT2D eigenvalue weighted by Crippen LogP contribution is 2.14. The van der Waals surface area contributed by atoms with Crippen molar-refractivity contribution in [2.24, 2.45) is 0 Å². The van der Waals surface area contributed by atoms with Crippen LogP contribution in [0.1, 0.15) is 0 Å². The minimum Gasteiger partial charge on any atom is -0.376 e. The molecule has 5 nitrogen and oxygen atoms in total. The maximum atomic E-state index is 11.1. The predicted octanol–water partition coefficient (Wildman–Crippen LogP) is 0.828. The fourth-order valence-corrected chi connectivity index (χ4v) is 1.70. The number of rotatable bonds is 4. The van der Waals surface area contributed by atoms with Gasteiger partial charge in [-0.05, 0) is 18.2 Å². The summed E-state index contributed by atoms with van der Waals surface area (Å²) >= 11 is 5.73. The largest absolute Gasteiger partial charge is 0.376 e. The molecule has 1 amide bonds. The summed E-state index contributed by atoms with van der Waals surface area (Å²) < 4.78 is 23.3. The van der Waals surface area contributed by atoms with Gasteiger partial charge < -0.3 is 5.32 Å². The first-order chi connectivity index (χ1) is 7.37. The lowest BCUT2D eigenvalue weighted by molar-refractivity contribution is -0.117. The topological polar surface area (TPSA) is 75.3 Å². The Morgan fingerprint density at radius 3 is 2.69 bits per heavy atom. The minimum atomic E-state index is -3.50. The van der Waals surface area contributed by atoms with Crippen LogP contribution in [0, 0.1) is 0 Å². The third-order valence-electron chi connectivity index (χ3n) is 1.58. The minimum absolute atomic E-state index is 0.132. The number of hydrogen-bond donors (Lipinski definition) is 2. The van der Waals surface area contributed by atoms with Crippen LogP contribution in [0.2, 0.25) is 5.02 Å². The fourth-order valence-electron chi connectivity index (χ4n) is 1.02. The number of nitrogens with one attached hydrogen (secondary N) is 2. The second-order valence-electron chi connectivity index (χ2n) is 3.16. The third-order valence-corrected chi connectivity index (χ3v) is 2.41. The van der Waals surface area contributed by atoms with Crippen molar-refractivity contribution < 1.29 is 13.2 Å². The number of halogens is 1. The van der Waals surface area contributed by atoms with E-state index in [1.807, 2.05) is 4.72 Å². The lowest BCUT2D eigenvalue weighted by atomic mass is 10.3. The van der Waals surface area contributed by atoms with Crippen LogP contribution in [0.15, 0.2) is 24.3 Å². The number of sulfonamides is 1. The number of amides is 1. The molecule has 0 radical (unpaired) electrons. The van der Waals surface area contributed by atoms with Gasteiger partial charge in [-0.2, -0.15) is 0 Å². The Hall–Kier alpha value is -1.27. The van der Waals surface area contributed by atoms with Gasteiger partial charge in [0.2, 0.25) is 10.0 Å². The highest BCUT2D eigenvalue weighted by Gasteiger charge is 2.07. The highest BCUT2D eigenvalue weighted by atomic mass is 35.5. The first kappa shape index (κ1) is 12.8. The Morgan fingerprint density at radius 1 is 1.44 bits per heavy atom. The van der Waals surface area contributed by atoms with E-state index >= 15 is 0 Å². The molecular weight excluding hydrogens is 252 g/mol.